The van der Waals surface area contributed by atoms with Crippen molar-refractivity contribution in [2.45, 2.75) is 58.0 Å². The number of carbonyl (C=O) groups is 1. The highest BCUT2D eigenvalue weighted by atomic mass is 35.5. The third-order valence-corrected chi connectivity index (χ3v) is 9.09. The number of benzene rings is 2. The van der Waals surface area contributed by atoms with Gasteiger partial charge < -0.3 is 15.4 Å². The molecule has 1 aliphatic carbocycles. The first-order chi connectivity index (χ1) is 19.5. The molecule has 4 aromatic rings. The molecule has 2 aromatic heterocycles. The Bertz CT molecular complexity index is 1440. The van der Waals surface area contributed by atoms with E-state index >= 15 is 0 Å². The zero-order chi connectivity index (χ0) is 28.6. The maximum atomic E-state index is 14.2. The molecule has 40 heavy (non-hydrogen) atoms. The van der Waals surface area contributed by atoms with Crippen LogP contribution in [-0.2, 0) is 19.9 Å². The van der Waals surface area contributed by atoms with Crippen LogP contribution in [0.3, 0.4) is 0 Å². The normalized spacial score (nSPS) is 13.6. The van der Waals surface area contributed by atoms with Crippen LogP contribution in [0.15, 0.2) is 54.9 Å². The summed E-state index contributed by atoms with van der Waals surface area (Å²) in [6.45, 7) is -1.11. The van der Waals surface area contributed by atoms with Gasteiger partial charge >= 0.3 is 0 Å². The molecule has 0 radical (unpaired) electrons. The Morgan fingerprint density at radius 2 is 1.68 bits per heavy atom. The van der Waals surface area contributed by atoms with Crippen molar-refractivity contribution in [1.82, 2.24) is 9.88 Å². The number of ether oxygens (including phenoxy) is 1. The minimum absolute atomic E-state index is 0.0353. The fourth-order valence-electron chi connectivity index (χ4n) is 5.34. The Morgan fingerprint density at radius 3 is 2.33 bits per heavy atom. The van der Waals surface area contributed by atoms with Gasteiger partial charge in [-0.25, -0.2) is 8.78 Å². The zero-order valence-electron chi connectivity index (χ0n) is 22.8. The molecule has 0 unspecified atom stereocenters. The van der Waals surface area contributed by atoms with E-state index in [1.165, 1.54) is 7.05 Å². The summed E-state index contributed by atoms with van der Waals surface area (Å²) in [6, 6.07) is 13.0. The lowest BCUT2D eigenvalue weighted by atomic mass is 9.93. The van der Waals surface area contributed by atoms with E-state index in [0.29, 0.717) is 38.4 Å². The highest BCUT2D eigenvalue weighted by molar-refractivity contribution is 7.21. The van der Waals surface area contributed by atoms with Crippen LogP contribution in [0, 0.1) is 0 Å². The number of pyridine rings is 1. The Kier molecular flexibility index (Phi) is 10.5. The van der Waals surface area contributed by atoms with E-state index in [-0.39, 0.29) is 17.0 Å². The van der Waals surface area contributed by atoms with E-state index in [2.05, 4.69) is 10.7 Å². The second-order valence-corrected chi connectivity index (χ2v) is 11.0. The van der Waals surface area contributed by atoms with Gasteiger partial charge in [0.05, 0.1) is 12.1 Å². The zero-order valence-corrected chi connectivity index (χ0v) is 24.3. The van der Waals surface area contributed by atoms with Gasteiger partial charge in [-0.1, -0.05) is 49.1 Å². The summed E-state index contributed by atoms with van der Waals surface area (Å²) in [5.41, 5.74) is 8.18. The first kappa shape index (κ1) is 29.9. The summed E-state index contributed by atoms with van der Waals surface area (Å²) in [5, 5.41) is 0.648. The molecule has 0 spiro atoms. The van der Waals surface area contributed by atoms with Crippen molar-refractivity contribution in [3.63, 3.8) is 0 Å². The number of nitrogens with zero attached hydrogens (tertiary/aromatic N) is 2. The predicted octanol–water partition coefficient (Wildman–Crippen LogP) is 8.11. The number of thiophene rings is 1. The van der Waals surface area contributed by atoms with Crippen molar-refractivity contribution in [1.29, 1.82) is 0 Å². The number of amides is 1. The minimum Gasteiger partial charge on any atom is -0.496 e. The quantitative estimate of drug-likeness (QED) is 0.227. The van der Waals surface area contributed by atoms with Crippen LogP contribution in [0.25, 0.3) is 21.2 Å². The molecule has 5 nitrogen and oxygen atoms in total. The maximum Gasteiger partial charge on any atom is 0.266 e. The summed E-state index contributed by atoms with van der Waals surface area (Å²) >= 11 is 7.92. The predicted molar refractivity (Wildman–Crippen MR) is 160 cm³/mol. The van der Waals surface area contributed by atoms with Crippen molar-refractivity contribution < 1.29 is 18.3 Å². The Labute approximate surface area is 242 Å². The molecule has 2 N–H and O–H groups in total. The molecule has 0 saturated heterocycles. The van der Waals surface area contributed by atoms with Crippen molar-refractivity contribution in [3.8, 4) is 16.9 Å². The number of nitrogens with two attached hydrogens (primary N) is 1. The SMILES string of the molecule is CN.COc1ccc(-c2ccncc2)cc1CN(C(=O)c1sc2c(CF)ccc(CF)c2c1Cl)C1CCCCC1. The lowest BCUT2D eigenvalue weighted by molar-refractivity contribution is 0.0618. The molecular formula is C31H34ClF2N3O2S. The molecule has 1 amide bonds. The van der Waals surface area contributed by atoms with Crippen molar-refractivity contribution in [2.24, 2.45) is 5.73 Å². The van der Waals surface area contributed by atoms with Crippen LogP contribution < -0.4 is 10.5 Å². The molecule has 1 saturated carbocycles. The number of alkyl halides is 2. The van der Waals surface area contributed by atoms with E-state index in [1.54, 1.807) is 31.6 Å². The Balaban J connectivity index is 0.00000181. The summed E-state index contributed by atoms with van der Waals surface area (Å²) in [5.74, 6) is 0.479. The molecule has 5 rings (SSSR count). The van der Waals surface area contributed by atoms with E-state index < -0.39 is 13.3 Å². The molecule has 2 aromatic carbocycles. The van der Waals surface area contributed by atoms with E-state index in [9.17, 15) is 13.6 Å². The molecule has 0 aliphatic heterocycles. The summed E-state index contributed by atoms with van der Waals surface area (Å²) < 4.78 is 33.8. The molecule has 0 atom stereocenters. The monoisotopic (exact) mass is 585 g/mol. The fourth-order valence-corrected chi connectivity index (χ4v) is 7.00. The number of methoxy groups -OCH3 is 1. The van der Waals surface area contributed by atoms with Gasteiger partial charge in [0.25, 0.3) is 5.91 Å². The van der Waals surface area contributed by atoms with Crippen LogP contribution in [0.1, 0.15) is 58.5 Å². The highest BCUT2D eigenvalue weighted by Gasteiger charge is 2.31. The third-order valence-electron chi connectivity index (χ3n) is 7.34. The number of fused-ring (bicyclic) bond motifs is 1. The fraction of sp³-hybridized carbons (Fsp3) is 0.355. The van der Waals surface area contributed by atoms with Gasteiger partial charge in [0.2, 0.25) is 0 Å². The van der Waals surface area contributed by atoms with Crippen LogP contribution >= 0.6 is 22.9 Å². The number of carbonyl (C=O) groups excluding carboxylic acids is 1. The van der Waals surface area contributed by atoms with Gasteiger partial charge in [-0.2, -0.15) is 0 Å². The molecular weight excluding hydrogens is 552 g/mol. The first-order valence-corrected chi connectivity index (χ1v) is 14.6. The highest BCUT2D eigenvalue weighted by Crippen LogP contribution is 2.42. The van der Waals surface area contributed by atoms with Crippen LogP contribution in [-0.4, -0.2) is 36.0 Å². The number of hydrogen-bond donors (Lipinski definition) is 1. The summed E-state index contributed by atoms with van der Waals surface area (Å²) in [4.78, 5) is 20.5. The second-order valence-electron chi connectivity index (χ2n) is 9.59. The largest absolute Gasteiger partial charge is 0.496 e. The summed E-state index contributed by atoms with van der Waals surface area (Å²) in [7, 11) is 3.12. The lowest BCUT2D eigenvalue weighted by Crippen LogP contribution is -2.40. The molecule has 2 heterocycles. The number of aromatic nitrogens is 1. The minimum atomic E-state index is -0.738. The standard InChI is InChI=1S/C30H29ClF2N2O2S.CH5N/c1-37-25-10-9-20(19-11-13-34-14-12-19)15-23(25)18-35(24-5-3-2-4-6-24)30(36)29-27(31)26-21(16-32)7-8-22(17-33)28(26)38-29;1-2/h7-15,24H,2-6,16-18H2,1H3;2H2,1H3. The smallest absolute Gasteiger partial charge is 0.266 e. The van der Waals surface area contributed by atoms with Crippen LogP contribution in [0.2, 0.25) is 5.02 Å². The van der Waals surface area contributed by atoms with Crippen LogP contribution in [0.5, 0.6) is 5.75 Å². The van der Waals surface area contributed by atoms with E-state index in [4.69, 9.17) is 16.3 Å². The molecule has 1 aliphatic rings. The van der Waals surface area contributed by atoms with Gasteiger partial charge in [-0.15, -0.1) is 11.3 Å². The molecule has 0 bridgehead atoms. The Morgan fingerprint density at radius 1 is 1.00 bits per heavy atom. The lowest BCUT2D eigenvalue weighted by Gasteiger charge is -2.34. The second kappa shape index (κ2) is 14.0. The first-order valence-electron chi connectivity index (χ1n) is 13.4. The molecule has 9 heteroatoms. The van der Waals surface area contributed by atoms with E-state index in [0.717, 1.165) is 60.1 Å². The summed E-state index contributed by atoms with van der Waals surface area (Å²) in [6.07, 6.45) is 8.51. The van der Waals surface area contributed by atoms with Gasteiger partial charge in [0.1, 0.15) is 24.0 Å². The van der Waals surface area contributed by atoms with Crippen LogP contribution in [0.4, 0.5) is 8.78 Å². The van der Waals surface area contributed by atoms with Gasteiger partial charge in [0, 0.05) is 46.2 Å². The molecule has 212 valence electrons. The van der Waals surface area contributed by atoms with Gasteiger partial charge in [-0.3, -0.25) is 9.78 Å². The van der Waals surface area contributed by atoms with Crippen molar-refractivity contribution in [2.75, 3.05) is 14.2 Å². The average Bonchev–Trinajstić information content (AvgIpc) is 3.38. The third kappa shape index (κ3) is 6.14. The number of halogens is 3. The van der Waals surface area contributed by atoms with Crippen molar-refractivity contribution >= 4 is 38.9 Å². The topological polar surface area (TPSA) is 68.5 Å². The number of rotatable bonds is 8. The van der Waals surface area contributed by atoms with Gasteiger partial charge in [0.15, 0.2) is 0 Å². The Hall–Kier alpha value is -3.07. The van der Waals surface area contributed by atoms with Crippen molar-refractivity contribution in [3.05, 3.63) is 81.4 Å². The van der Waals surface area contributed by atoms with Gasteiger partial charge in [-0.05, 0) is 60.8 Å². The average molecular weight is 586 g/mol. The van der Waals surface area contributed by atoms with E-state index in [1.807, 2.05) is 35.2 Å². The maximum absolute atomic E-state index is 14.2. The molecule has 1 fully saturated rings. The number of hydrogen-bond acceptors (Lipinski definition) is 5.